The number of fused-ring (bicyclic) bond motifs is 1. The van der Waals surface area contributed by atoms with Crippen molar-refractivity contribution in [3.05, 3.63) is 23.5 Å². The van der Waals surface area contributed by atoms with Crippen molar-refractivity contribution in [3.8, 4) is 0 Å². The second kappa shape index (κ2) is 5.20. The lowest BCUT2D eigenvalue weighted by Crippen LogP contribution is -2.45. The number of aliphatic hydroxyl groups is 1. The number of nitrogens with one attached hydrogen (secondary N) is 1. The van der Waals surface area contributed by atoms with Gasteiger partial charge < -0.3 is 14.9 Å². The van der Waals surface area contributed by atoms with E-state index in [2.05, 4.69) is 15.5 Å². The molecule has 0 bridgehead atoms. The Hall–Kier alpha value is -1.95. The van der Waals surface area contributed by atoms with Gasteiger partial charge in [-0.25, -0.2) is 4.98 Å². The average Bonchev–Trinajstić information content (AvgIpc) is 2.82. The lowest BCUT2D eigenvalue weighted by molar-refractivity contribution is 0.0717. The van der Waals surface area contributed by atoms with Crippen LogP contribution in [0.15, 0.2) is 16.8 Å². The van der Waals surface area contributed by atoms with Gasteiger partial charge in [0, 0.05) is 6.20 Å². The maximum absolute atomic E-state index is 12.2. The molecule has 1 saturated carbocycles. The molecule has 6 nitrogen and oxygen atoms in total. The summed E-state index contributed by atoms with van der Waals surface area (Å²) in [6, 6.07) is 1.55. The third-order valence-electron chi connectivity index (χ3n) is 3.82. The Morgan fingerprint density at radius 1 is 1.45 bits per heavy atom. The van der Waals surface area contributed by atoms with E-state index in [1.54, 1.807) is 13.0 Å². The first-order chi connectivity index (χ1) is 9.65. The number of carbonyl (C=O) groups is 1. The second-order valence-electron chi connectivity index (χ2n) is 5.28. The molecule has 2 aromatic rings. The first kappa shape index (κ1) is 13.1. The molecule has 0 radical (unpaired) electrons. The highest BCUT2D eigenvalue weighted by Crippen LogP contribution is 2.20. The lowest BCUT2D eigenvalue weighted by Gasteiger charge is -2.28. The van der Waals surface area contributed by atoms with Gasteiger partial charge in [-0.15, -0.1) is 0 Å². The number of hydrogen-bond donors (Lipinski definition) is 2. The zero-order valence-corrected chi connectivity index (χ0v) is 11.3. The Balaban J connectivity index is 1.79. The van der Waals surface area contributed by atoms with E-state index in [1.807, 2.05) is 0 Å². The number of rotatable bonds is 2. The Bertz CT molecular complexity index is 638. The number of aryl methyl sites for hydroxylation is 1. The molecule has 1 aliphatic carbocycles. The molecule has 106 valence electrons. The van der Waals surface area contributed by atoms with Gasteiger partial charge in [-0.05, 0) is 25.8 Å². The number of amides is 1. The number of nitrogens with zero attached hydrogens (tertiary/aromatic N) is 2. The molecule has 6 heteroatoms. The van der Waals surface area contributed by atoms with Crippen LogP contribution in [0.4, 0.5) is 0 Å². The topological polar surface area (TPSA) is 88.2 Å². The van der Waals surface area contributed by atoms with Gasteiger partial charge in [0.25, 0.3) is 11.6 Å². The van der Waals surface area contributed by atoms with Gasteiger partial charge in [0.15, 0.2) is 0 Å². The Labute approximate surface area is 116 Å². The Kier molecular flexibility index (Phi) is 3.40. The van der Waals surface area contributed by atoms with Gasteiger partial charge in [0.2, 0.25) is 0 Å². The molecule has 2 N–H and O–H groups in total. The first-order valence-corrected chi connectivity index (χ1v) is 6.86. The van der Waals surface area contributed by atoms with Crippen LogP contribution in [0.1, 0.15) is 41.7 Å². The van der Waals surface area contributed by atoms with E-state index in [1.165, 1.54) is 6.20 Å². The zero-order valence-electron chi connectivity index (χ0n) is 11.3. The number of aromatic nitrogens is 2. The fourth-order valence-electron chi connectivity index (χ4n) is 2.60. The van der Waals surface area contributed by atoms with Crippen LogP contribution in [0.25, 0.3) is 11.1 Å². The molecule has 0 aliphatic heterocycles. The fraction of sp³-hybridized carbons (Fsp3) is 0.500. The Morgan fingerprint density at radius 3 is 3.05 bits per heavy atom. The molecule has 2 atom stereocenters. The number of pyridine rings is 1. The van der Waals surface area contributed by atoms with Crippen LogP contribution in [-0.2, 0) is 0 Å². The summed E-state index contributed by atoms with van der Waals surface area (Å²) in [5.41, 5.74) is 1.60. The van der Waals surface area contributed by atoms with Gasteiger partial charge in [0.05, 0.1) is 28.8 Å². The summed E-state index contributed by atoms with van der Waals surface area (Å²) in [5, 5.41) is 17.3. The molecule has 2 aromatic heterocycles. The Morgan fingerprint density at radius 2 is 2.25 bits per heavy atom. The summed E-state index contributed by atoms with van der Waals surface area (Å²) in [7, 11) is 0. The number of aliphatic hydroxyl groups excluding tert-OH is 1. The van der Waals surface area contributed by atoms with Crippen molar-refractivity contribution in [3.63, 3.8) is 0 Å². The molecule has 1 aliphatic rings. The molecule has 3 rings (SSSR count). The van der Waals surface area contributed by atoms with Gasteiger partial charge in [0.1, 0.15) is 0 Å². The van der Waals surface area contributed by atoms with E-state index in [9.17, 15) is 9.90 Å². The van der Waals surface area contributed by atoms with E-state index in [0.717, 1.165) is 31.1 Å². The van der Waals surface area contributed by atoms with Crippen LogP contribution in [0.3, 0.4) is 0 Å². The standard InChI is InChI=1S/C14H17N3O3/c1-8-10-6-9(7-15-14(10)20-17-8)13(19)16-11-4-2-3-5-12(11)18/h6-7,11-12,18H,2-5H2,1H3,(H,16,19)/t11-,12-/m1/s1. The van der Waals surface area contributed by atoms with Crippen molar-refractivity contribution in [2.75, 3.05) is 0 Å². The minimum Gasteiger partial charge on any atom is -0.391 e. The quantitative estimate of drug-likeness (QED) is 0.868. The molecule has 0 unspecified atom stereocenters. The summed E-state index contributed by atoms with van der Waals surface area (Å²) < 4.78 is 5.02. The van der Waals surface area contributed by atoms with E-state index in [0.29, 0.717) is 17.0 Å². The minimum atomic E-state index is -0.457. The predicted octanol–water partition coefficient (Wildman–Crippen LogP) is 1.56. The fourth-order valence-corrected chi connectivity index (χ4v) is 2.60. The number of hydrogen-bond acceptors (Lipinski definition) is 5. The van der Waals surface area contributed by atoms with Crippen molar-refractivity contribution in [1.29, 1.82) is 0 Å². The van der Waals surface area contributed by atoms with Crippen molar-refractivity contribution in [2.45, 2.75) is 44.8 Å². The maximum Gasteiger partial charge on any atom is 0.257 e. The minimum absolute atomic E-state index is 0.171. The molecular formula is C14H17N3O3. The molecular weight excluding hydrogens is 258 g/mol. The van der Waals surface area contributed by atoms with Crippen LogP contribution < -0.4 is 5.32 Å². The first-order valence-electron chi connectivity index (χ1n) is 6.86. The normalized spacial score (nSPS) is 22.9. The number of carbonyl (C=O) groups excluding carboxylic acids is 1. The third kappa shape index (κ3) is 2.38. The summed E-state index contributed by atoms with van der Waals surface area (Å²) >= 11 is 0. The summed E-state index contributed by atoms with van der Waals surface area (Å²) in [4.78, 5) is 16.3. The lowest BCUT2D eigenvalue weighted by atomic mass is 9.92. The smallest absolute Gasteiger partial charge is 0.257 e. The van der Waals surface area contributed by atoms with E-state index >= 15 is 0 Å². The van der Waals surface area contributed by atoms with Gasteiger partial charge >= 0.3 is 0 Å². The van der Waals surface area contributed by atoms with Gasteiger partial charge in [-0.1, -0.05) is 18.0 Å². The largest absolute Gasteiger partial charge is 0.391 e. The third-order valence-corrected chi connectivity index (χ3v) is 3.82. The van der Waals surface area contributed by atoms with Gasteiger partial charge in [-0.3, -0.25) is 4.79 Å². The van der Waals surface area contributed by atoms with Crippen molar-refractivity contribution < 1.29 is 14.4 Å². The monoisotopic (exact) mass is 275 g/mol. The molecule has 2 heterocycles. The molecule has 1 amide bonds. The van der Waals surface area contributed by atoms with E-state index in [4.69, 9.17) is 4.52 Å². The summed E-state index contributed by atoms with van der Waals surface area (Å²) in [6.45, 7) is 1.81. The van der Waals surface area contributed by atoms with Crippen LogP contribution >= 0.6 is 0 Å². The van der Waals surface area contributed by atoms with Crippen LogP contribution in [0.2, 0.25) is 0 Å². The van der Waals surface area contributed by atoms with Gasteiger partial charge in [-0.2, -0.15) is 0 Å². The van der Waals surface area contributed by atoms with Crippen LogP contribution in [0, 0.1) is 6.92 Å². The van der Waals surface area contributed by atoms with Crippen molar-refractivity contribution in [2.24, 2.45) is 0 Å². The SMILES string of the molecule is Cc1noc2ncc(C(=O)N[C@@H]3CCCC[C@H]3O)cc12. The van der Waals surface area contributed by atoms with Crippen molar-refractivity contribution in [1.82, 2.24) is 15.5 Å². The highest BCUT2D eigenvalue weighted by atomic mass is 16.5. The highest BCUT2D eigenvalue weighted by Gasteiger charge is 2.25. The molecule has 1 fully saturated rings. The van der Waals surface area contributed by atoms with E-state index in [-0.39, 0.29) is 11.9 Å². The van der Waals surface area contributed by atoms with Crippen molar-refractivity contribution >= 4 is 17.0 Å². The average molecular weight is 275 g/mol. The van der Waals surface area contributed by atoms with E-state index < -0.39 is 6.10 Å². The summed E-state index contributed by atoms with van der Waals surface area (Å²) in [6.07, 6.45) is 4.62. The zero-order chi connectivity index (χ0) is 14.1. The molecule has 0 saturated heterocycles. The van der Waals surface area contributed by atoms with Crippen LogP contribution in [0.5, 0.6) is 0 Å². The molecule has 20 heavy (non-hydrogen) atoms. The molecule has 0 aromatic carbocycles. The summed E-state index contributed by atoms with van der Waals surface area (Å²) in [5.74, 6) is -0.217. The van der Waals surface area contributed by atoms with Crippen LogP contribution in [-0.4, -0.2) is 33.3 Å². The maximum atomic E-state index is 12.2. The second-order valence-corrected chi connectivity index (χ2v) is 5.28. The molecule has 0 spiro atoms. The highest BCUT2D eigenvalue weighted by molar-refractivity contribution is 5.97. The predicted molar refractivity (Wildman–Crippen MR) is 72.3 cm³/mol.